The van der Waals surface area contributed by atoms with Gasteiger partial charge in [0.05, 0.1) is 20.8 Å². The molecule has 0 aliphatic heterocycles. The van der Waals surface area contributed by atoms with Crippen LogP contribution in [0.5, 0.6) is 11.5 Å². The van der Waals surface area contributed by atoms with E-state index in [1.165, 1.54) is 10.8 Å². The zero-order chi connectivity index (χ0) is 16.1. The Morgan fingerprint density at radius 2 is 1.77 bits per heavy atom. The predicted molar refractivity (Wildman–Crippen MR) is 82.5 cm³/mol. The third-order valence-corrected chi connectivity index (χ3v) is 3.02. The Hall–Kier alpha value is -2.94. The molecule has 0 unspecified atom stereocenters. The van der Waals surface area contributed by atoms with Crippen LogP contribution in [0, 0.1) is 18.8 Å². The third-order valence-electron chi connectivity index (χ3n) is 3.02. The molecule has 6 nitrogen and oxygen atoms in total. The summed E-state index contributed by atoms with van der Waals surface area (Å²) in [6, 6.07) is 5.30. The summed E-state index contributed by atoms with van der Waals surface area (Å²) in [5.41, 5.74) is 0.315. The number of ether oxygens (including phenoxy) is 2. The zero-order valence-electron chi connectivity index (χ0n) is 12.6. The molecule has 0 saturated carbocycles. The SMILES string of the molecule is COc1cc(C#CCn2cc(C)c(=O)[nH]c2=O)cc(OC)c1. The summed E-state index contributed by atoms with van der Waals surface area (Å²) in [7, 11) is 3.13. The Bertz CT molecular complexity index is 831. The van der Waals surface area contributed by atoms with Crippen LogP contribution in [0.15, 0.2) is 34.0 Å². The largest absolute Gasteiger partial charge is 0.497 e. The Labute approximate surface area is 127 Å². The van der Waals surface area contributed by atoms with Crippen molar-refractivity contribution in [2.24, 2.45) is 0 Å². The molecule has 1 heterocycles. The highest BCUT2D eigenvalue weighted by Gasteiger charge is 2.00. The number of nitrogens with one attached hydrogen (secondary N) is 1. The normalized spacial score (nSPS) is 9.77. The lowest BCUT2D eigenvalue weighted by molar-refractivity contribution is 0.394. The lowest BCUT2D eigenvalue weighted by Crippen LogP contribution is -2.30. The molecule has 0 spiro atoms. The van der Waals surface area contributed by atoms with Crippen LogP contribution in [0.4, 0.5) is 0 Å². The van der Waals surface area contributed by atoms with Crippen molar-refractivity contribution in [1.82, 2.24) is 9.55 Å². The number of nitrogens with zero attached hydrogens (tertiary/aromatic N) is 1. The molecule has 114 valence electrons. The van der Waals surface area contributed by atoms with E-state index in [-0.39, 0.29) is 12.1 Å². The monoisotopic (exact) mass is 300 g/mol. The number of aryl methyl sites for hydroxylation is 1. The number of aromatic amines is 1. The number of aromatic nitrogens is 2. The zero-order valence-corrected chi connectivity index (χ0v) is 12.6. The van der Waals surface area contributed by atoms with Crippen molar-refractivity contribution in [1.29, 1.82) is 0 Å². The fourth-order valence-electron chi connectivity index (χ4n) is 1.84. The van der Waals surface area contributed by atoms with Gasteiger partial charge in [0.15, 0.2) is 0 Å². The molecule has 1 N–H and O–H groups in total. The highest BCUT2D eigenvalue weighted by Crippen LogP contribution is 2.21. The van der Waals surface area contributed by atoms with Gasteiger partial charge in [0.25, 0.3) is 5.56 Å². The molecule has 1 aromatic carbocycles. The molecule has 0 fully saturated rings. The first-order valence-electron chi connectivity index (χ1n) is 6.56. The predicted octanol–water partition coefficient (Wildman–Crippen LogP) is 0.914. The molecule has 2 rings (SSSR count). The molecule has 0 aliphatic carbocycles. The topological polar surface area (TPSA) is 73.3 Å². The van der Waals surface area contributed by atoms with Gasteiger partial charge in [-0.2, -0.15) is 0 Å². The summed E-state index contributed by atoms with van der Waals surface area (Å²) in [6.07, 6.45) is 1.49. The second kappa shape index (κ2) is 6.68. The van der Waals surface area contributed by atoms with Gasteiger partial charge in [-0.25, -0.2) is 4.79 Å². The van der Waals surface area contributed by atoms with E-state index in [9.17, 15) is 9.59 Å². The lowest BCUT2D eigenvalue weighted by Gasteiger charge is -2.04. The van der Waals surface area contributed by atoms with Crippen LogP contribution in [-0.2, 0) is 6.54 Å². The molecule has 1 aromatic heterocycles. The Morgan fingerprint density at radius 3 is 2.36 bits per heavy atom. The molecule has 2 aromatic rings. The van der Waals surface area contributed by atoms with E-state index in [1.54, 1.807) is 39.3 Å². The van der Waals surface area contributed by atoms with Gasteiger partial charge in [0.2, 0.25) is 0 Å². The van der Waals surface area contributed by atoms with E-state index in [4.69, 9.17) is 9.47 Å². The van der Waals surface area contributed by atoms with Crippen LogP contribution in [0.3, 0.4) is 0 Å². The number of methoxy groups -OCH3 is 2. The summed E-state index contributed by atoms with van der Waals surface area (Å²) in [5.74, 6) is 7.11. The van der Waals surface area contributed by atoms with Gasteiger partial charge < -0.3 is 9.47 Å². The van der Waals surface area contributed by atoms with E-state index in [0.717, 1.165) is 0 Å². The van der Waals surface area contributed by atoms with Gasteiger partial charge >= 0.3 is 5.69 Å². The molecule has 22 heavy (non-hydrogen) atoms. The molecule has 0 radical (unpaired) electrons. The van der Waals surface area contributed by atoms with Crippen LogP contribution in [0.25, 0.3) is 0 Å². The van der Waals surface area contributed by atoms with Gasteiger partial charge in [-0.1, -0.05) is 11.8 Å². The van der Waals surface area contributed by atoms with Gasteiger partial charge in [-0.3, -0.25) is 14.3 Å². The van der Waals surface area contributed by atoms with Crippen molar-refractivity contribution in [3.63, 3.8) is 0 Å². The second-order valence-corrected chi connectivity index (χ2v) is 4.60. The van der Waals surface area contributed by atoms with Gasteiger partial charge in [0.1, 0.15) is 11.5 Å². The van der Waals surface area contributed by atoms with Crippen molar-refractivity contribution >= 4 is 0 Å². The summed E-state index contributed by atoms with van der Waals surface area (Å²) in [5, 5.41) is 0. The first-order chi connectivity index (χ1) is 10.5. The van der Waals surface area contributed by atoms with E-state index in [0.29, 0.717) is 22.6 Å². The van der Waals surface area contributed by atoms with E-state index >= 15 is 0 Å². The molecule has 0 atom stereocenters. The maximum Gasteiger partial charge on any atom is 0.329 e. The molecule has 0 bridgehead atoms. The second-order valence-electron chi connectivity index (χ2n) is 4.60. The fraction of sp³-hybridized carbons (Fsp3) is 0.250. The number of H-pyrrole nitrogens is 1. The highest BCUT2D eigenvalue weighted by atomic mass is 16.5. The van der Waals surface area contributed by atoms with Crippen LogP contribution in [0.2, 0.25) is 0 Å². The van der Waals surface area contributed by atoms with Crippen molar-refractivity contribution in [2.75, 3.05) is 14.2 Å². The third kappa shape index (κ3) is 3.58. The van der Waals surface area contributed by atoms with Crippen LogP contribution < -0.4 is 20.7 Å². The average Bonchev–Trinajstić information content (AvgIpc) is 2.51. The highest BCUT2D eigenvalue weighted by molar-refractivity contribution is 5.46. The summed E-state index contributed by atoms with van der Waals surface area (Å²) in [4.78, 5) is 25.2. The quantitative estimate of drug-likeness (QED) is 0.855. The van der Waals surface area contributed by atoms with E-state index in [1.807, 2.05) is 0 Å². The first-order valence-corrected chi connectivity index (χ1v) is 6.56. The maximum absolute atomic E-state index is 11.6. The van der Waals surface area contributed by atoms with Gasteiger partial charge in [0, 0.05) is 23.4 Å². The molecular weight excluding hydrogens is 284 g/mol. The number of benzene rings is 1. The Balaban J connectivity index is 2.26. The first kappa shape index (κ1) is 15.4. The standard InChI is InChI=1S/C16H16N2O4/c1-11-10-18(16(20)17-15(11)19)6-4-5-12-7-13(21-2)9-14(8-12)22-3/h7-10H,6H2,1-3H3,(H,17,19,20). The van der Waals surface area contributed by atoms with Crippen molar-refractivity contribution in [2.45, 2.75) is 13.5 Å². The van der Waals surface area contributed by atoms with Crippen molar-refractivity contribution in [3.05, 3.63) is 56.4 Å². The minimum atomic E-state index is -0.479. The van der Waals surface area contributed by atoms with Crippen molar-refractivity contribution < 1.29 is 9.47 Å². The van der Waals surface area contributed by atoms with Gasteiger partial charge in [-0.05, 0) is 19.1 Å². The molecule has 0 aliphatic rings. The molecule has 0 saturated heterocycles. The minimum absolute atomic E-state index is 0.177. The van der Waals surface area contributed by atoms with Crippen molar-refractivity contribution in [3.8, 4) is 23.3 Å². The fourth-order valence-corrected chi connectivity index (χ4v) is 1.84. The molecular formula is C16H16N2O4. The molecule has 0 amide bonds. The Kier molecular flexibility index (Phi) is 4.69. The van der Waals surface area contributed by atoms with Crippen LogP contribution in [0.1, 0.15) is 11.1 Å². The number of hydrogen-bond acceptors (Lipinski definition) is 4. The summed E-state index contributed by atoms with van der Waals surface area (Å²) >= 11 is 0. The van der Waals surface area contributed by atoms with Crippen LogP contribution in [-0.4, -0.2) is 23.8 Å². The summed E-state index contributed by atoms with van der Waals surface area (Å²) in [6.45, 7) is 1.81. The van der Waals surface area contributed by atoms with Crippen LogP contribution >= 0.6 is 0 Å². The van der Waals surface area contributed by atoms with E-state index < -0.39 is 5.69 Å². The number of rotatable bonds is 3. The Morgan fingerprint density at radius 1 is 1.14 bits per heavy atom. The summed E-state index contributed by atoms with van der Waals surface area (Å²) < 4.78 is 11.7. The lowest BCUT2D eigenvalue weighted by atomic mass is 10.2. The minimum Gasteiger partial charge on any atom is -0.497 e. The average molecular weight is 300 g/mol. The maximum atomic E-state index is 11.6. The molecule has 6 heteroatoms. The van der Waals surface area contributed by atoms with E-state index in [2.05, 4.69) is 16.8 Å². The van der Waals surface area contributed by atoms with Gasteiger partial charge in [-0.15, -0.1) is 0 Å². The smallest absolute Gasteiger partial charge is 0.329 e. The number of hydrogen-bond donors (Lipinski definition) is 1.